The Morgan fingerprint density at radius 2 is 1.75 bits per heavy atom. The SMILES string of the molecule is CC1(C)CC(=O)C(C#N)=C(N2CCN(Cc3ccccc3)CC2)C1. The molecule has 1 aromatic carbocycles. The van der Waals surface area contributed by atoms with Crippen LogP contribution < -0.4 is 0 Å². The lowest BCUT2D eigenvalue weighted by Gasteiger charge is -2.41. The van der Waals surface area contributed by atoms with Crippen LogP contribution in [0.3, 0.4) is 0 Å². The average Bonchev–Trinajstić information content (AvgIpc) is 2.55. The van der Waals surface area contributed by atoms with E-state index in [1.165, 1.54) is 5.56 Å². The smallest absolute Gasteiger partial charge is 0.175 e. The first kappa shape index (κ1) is 16.7. The molecule has 126 valence electrons. The molecule has 2 aliphatic rings. The highest BCUT2D eigenvalue weighted by Crippen LogP contribution is 2.38. The third-order valence-electron chi connectivity index (χ3n) is 4.97. The van der Waals surface area contributed by atoms with Gasteiger partial charge in [0.05, 0.1) is 0 Å². The number of carbonyl (C=O) groups is 1. The number of hydrogen-bond donors (Lipinski definition) is 0. The summed E-state index contributed by atoms with van der Waals surface area (Å²) in [6.45, 7) is 8.89. The highest BCUT2D eigenvalue weighted by molar-refractivity contribution is 6.01. The van der Waals surface area contributed by atoms with Crippen molar-refractivity contribution in [1.82, 2.24) is 9.80 Å². The number of Topliss-reactive ketones (excluding diaryl/α,β-unsaturated/α-hetero) is 1. The van der Waals surface area contributed by atoms with Gasteiger partial charge in [-0.05, 0) is 17.4 Å². The molecule has 0 radical (unpaired) electrons. The van der Waals surface area contributed by atoms with Crippen LogP contribution in [0, 0.1) is 16.7 Å². The maximum Gasteiger partial charge on any atom is 0.175 e. The number of nitrogens with zero attached hydrogens (tertiary/aromatic N) is 3. The van der Waals surface area contributed by atoms with Crippen molar-refractivity contribution in [3.63, 3.8) is 0 Å². The molecule has 4 nitrogen and oxygen atoms in total. The van der Waals surface area contributed by atoms with Gasteiger partial charge < -0.3 is 4.90 Å². The number of piperazine rings is 1. The summed E-state index contributed by atoms with van der Waals surface area (Å²) in [5.74, 6) is 0.00969. The van der Waals surface area contributed by atoms with Gasteiger partial charge in [-0.3, -0.25) is 9.69 Å². The summed E-state index contributed by atoms with van der Waals surface area (Å²) < 4.78 is 0. The van der Waals surface area contributed by atoms with Gasteiger partial charge in [-0.1, -0.05) is 44.2 Å². The standard InChI is InChI=1S/C20H25N3O/c1-20(2)12-18(17(14-21)19(24)13-20)23-10-8-22(9-11-23)15-16-6-4-3-5-7-16/h3-7H,8-13,15H2,1-2H3. The number of benzene rings is 1. The molecule has 0 atom stereocenters. The molecule has 0 spiro atoms. The van der Waals surface area contributed by atoms with Crippen LogP contribution in [0.5, 0.6) is 0 Å². The van der Waals surface area contributed by atoms with E-state index in [4.69, 9.17) is 0 Å². The molecule has 3 rings (SSSR count). The molecule has 1 aromatic rings. The van der Waals surface area contributed by atoms with Gasteiger partial charge in [0.2, 0.25) is 0 Å². The molecule has 24 heavy (non-hydrogen) atoms. The first-order chi connectivity index (χ1) is 11.5. The molecule has 1 fully saturated rings. The lowest BCUT2D eigenvalue weighted by Crippen LogP contribution is -2.47. The van der Waals surface area contributed by atoms with Crippen LogP contribution in [0.2, 0.25) is 0 Å². The highest BCUT2D eigenvalue weighted by atomic mass is 16.1. The Morgan fingerprint density at radius 1 is 1.08 bits per heavy atom. The molecule has 1 aliphatic carbocycles. The summed E-state index contributed by atoms with van der Waals surface area (Å²) in [4.78, 5) is 17.0. The molecule has 0 N–H and O–H groups in total. The third-order valence-corrected chi connectivity index (χ3v) is 4.97. The van der Waals surface area contributed by atoms with Crippen LogP contribution in [-0.4, -0.2) is 41.8 Å². The van der Waals surface area contributed by atoms with E-state index in [0.717, 1.165) is 44.8 Å². The Kier molecular flexibility index (Phi) is 4.73. The summed E-state index contributed by atoms with van der Waals surface area (Å²) in [5, 5.41) is 9.41. The number of allylic oxidation sites excluding steroid dienone is 2. The van der Waals surface area contributed by atoms with E-state index in [0.29, 0.717) is 12.0 Å². The Hall–Kier alpha value is -2.12. The van der Waals surface area contributed by atoms with Crippen molar-refractivity contribution < 1.29 is 4.79 Å². The number of nitriles is 1. The molecule has 0 bridgehead atoms. The zero-order valence-corrected chi connectivity index (χ0v) is 14.6. The number of hydrogen-bond acceptors (Lipinski definition) is 4. The van der Waals surface area contributed by atoms with E-state index >= 15 is 0 Å². The molecule has 4 heteroatoms. The van der Waals surface area contributed by atoms with E-state index < -0.39 is 0 Å². The Labute approximate surface area is 144 Å². The predicted molar refractivity (Wildman–Crippen MR) is 94.0 cm³/mol. The van der Waals surface area contributed by atoms with E-state index in [-0.39, 0.29) is 11.2 Å². The Balaban J connectivity index is 1.67. The van der Waals surface area contributed by atoms with Crippen molar-refractivity contribution in [3.05, 3.63) is 47.2 Å². The quantitative estimate of drug-likeness (QED) is 0.858. The normalized spacial score (nSPS) is 21.7. The van der Waals surface area contributed by atoms with E-state index in [1.807, 2.05) is 6.07 Å². The first-order valence-electron chi connectivity index (χ1n) is 8.66. The van der Waals surface area contributed by atoms with Gasteiger partial charge >= 0.3 is 0 Å². The molecule has 0 saturated carbocycles. The molecular weight excluding hydrogens is 298 g/mol. The van der Waals surface area contributed by atoms with Crippen molar-refractivity contribution >= 4 is 5.78 Å². The second kappa shape index (κ2) is 6.78. The molecule has 0 amide bonds. The molecule has 1 saturated heterocycles. The van der Waals surface area contributed by atoms with Gasteiger partial charge in [0.1, 0.15) is 11.6 Å². The molecule has 1 aliphatic heterocycles. The summed E-state index contributed by atoms with van der Waals surface area (Å²) in [6, 6.07) is 12.7. The zero-order valence-electron chi connectivity index (χ0n) is 14.6. The fourth-order valence-electron chi connectivity index (χ4n) is 3.70. The van der Waals surface area contributed by atoms with Crippen LogP contribution in [0.1, 0.15) is 32.3 Å². The molecule has 1 heterocycles. The number of ketones is 1. The van der Waals surface area contributed by atoms with Gasteiger partial charge in [0.25, 0.3) is 0 Å². The molecule has 0 unspecified atom stereocenters. The maximum absolute atomic E-state index is 12.3. The zero-order chi connectivity index (χ0) is 17.2. The predicted octanol–water partition coefficient (Wildman–Crippen LogP) is 2.97. The topological polar surface area (TPSA) is 47.3 Å². The molecular formula is C20H25N3O. The van der Waals surface area contributed by atoms with E-state index in [1.54, 1.807) is 0 Å². The third kappa shape index (κ3) is 3.68. The van der Waals surface area contributed by atoms with Gasteiger partial charge in [0.15, 0.2) is 5.78 Å². The van der Waals surface area contributed by atoms with Crippen LogP contribution in [-0.2, 0) is 11.3 Å². The van der Waals surface area contributed by atoms with Gasteiger partial charge in [-0.15, -0.1) is 0 Å². The Morgan fingerprint density at radius 3 is 2.38 bits per heavy atom. The monoisotopic (exact) mass is 323 g/mol. The minimum Gasteiger partial charge on any atom is -0.371 e. The first-order valence-corrected chi connectivity index (χ1v) is 8.66. The van der Waals surface area contributed by atoms with Crippen molar-refractivity contribution in [2.45, 2.75) is 33.2 Å². The Bertz CT molecular complexity index is 677. The van der Waals surface area contributed by atoms with Gasteiger partial charge in [0, 0.05) is 44.8 Å². The second-order valence-corrected chi connectivity index (χ2v) is 7.62. The van der Waals surface area contributed by atoms with Crippen LogP contribution in [0.4, 0.5) is 0 Å². The minimum atomic E-state index is -0.0477. The van der Waals surface area contributed by atoms with Crippen LogP contribution in [0.25, 0.3) is 0 Å². The number of carbonyl (C=O) groups excluding carboxylic acids is 1. The van der Waals surface area contributed by atoms with Crippen molar-refractivity contribution in [2.75, 3.05) is 26.2 Å². The largest absolute Gasteiger partial charge is 0.371 e. The second-order valence-electron chi connectivity index (χ2n) is 7.62. The average molecular weight is 323 g/mol. The summed E-state index contributed by atoms with van der Waals surface area (Å²) in [7, 11) is 0. The number of rotatable bonds is 3. The fourth-order valence-corrected chi connectivity index (χ4v) is 3.70. The van der Waals surface area contributed by atoms with Gasteiger partial charge in [-0.25, -0.2) is 0 Å². The van der Waals surface area contributed by atoms with Crippen molar-refractivity contribution in [2.24, 2.45) is 5.41 Å². The van der Waals surface area contributed by atoms with Crippen molar-refractivity contribution in [3.8, 4) is 6.07 Å². The summed E-state index contributed by atoms with van der Waals surface area (Å²) in [6.07, 6.45) is 1.30. The fraction of sp³-hybridized carbons (Fsp3) is 0.500. The molecule has 0 aromatic heterocycles. The van der Waals surface area contributed by atoms with Crippen LogP contribution in [0.15, 0.2) is 41.6 Å². The highest BCUT2D eigenvalue weighted by Gasteiger charge is 2.35. The lowest BCUT2D eigenvalue weighted by molar-refractivity contribution is -0.118. The van der Waals surface area contributed by atoms with E-state index in [9.17, 15) is 10.1 Å². The summed E-state index contributed by atoms with van der Waals surface area (Å²) in [5.41, 5.74) is 2.65. The van der Waals surface area contributed by atoms with Crippen LogP contribution >= 0.6 is 0 Å². The minimum absolute atomic E-state index is 0.00969. The maximum atomic E-state index is 12.3. The van der Waals surface area contributed by atoms with E-state index in [2.05, 4.69) is 54.0 Å². The summed E-state index contributed by atoms with van der Waals surface area (Å²) >= 11 is 0. The lowest BCUT2D eigenvalue weighted by atomic mass is 9.75. The van der Waals surface area contributed by atoms with Gasteiger partial charge in [-0.2, -0.15) is 5.26 Å². The van der Waals surface area contributed by atoms with Crippen molar-refractivity contribution in [1.29, 1.82) is 5.26 Å².